The SMILES string of the molecule is CSC1CCCC(n2cn[nH]c2=S)C1. The fraction of sp³-hybridized carbons (Fsp3) is 0.778. The highest BCUT2D eigenvalue weighted by Crippen LogP contribution is 2.33. The number of aromatic amines is 1. The van der Waals surface area contributed by atoms with E-state index in [0.717, 1.165) is 10.0 Å². The second kappa shape index (κ2) is 4.49. The minimum absolute atomic E-state index is 0.562. The minimum atomic E-state index is 0.562. The Labute approximate surface area is 93.3 Å². The van der Waals surface area contributed by atoms with Gasteiger partial charge in [0.25, 0.3) is 0 Å². The zero-order chi connectivity index (χ0) is 9.97. The smallest absolute Gasteiger partial charge is 0.195 e. The van der Waals surface area contributed by atoms with E-state index >= 15 is 0 Å². The minimum Gasteiger partial charge on any atom is -0.304 e. The molecule has 0 amide bonds. The van der Waals surface area contributed by atoms with Gasteiger partial charge < -0.3 is 4.57 Å². The summed E-state index contributed by atoms with van der Waals surface area (Å²) in [6.45, 7) is 0. The van der Waals surface area contributed by atoms with Gasteiger partial charge in [0.2, 0.25) is 0 Å². The van der Waals surface area contributed by atoms with Crippen molar-refractivity contribution in [3.05, 3.63) is 11.1 Å². The summed E-state index contributed by atoms with van der Waals surface area (Å²) in [7, 11) is 0. The normalized spacial score (nSPS) is 27.8. The maximum atomic E-state index is 5.18. The number of hydrogen-bond acceptors (Lipinski definition) is 3. The van der Waals surface area contributed by atoms with Crippen LogP contribution in [0.2, 0.25) is 0 Å². The molecule has 0 radical (unpaired) electrons. The molecule has 0 bridgehead atoms. The predicted molar refractivity (Wildman–Crippen MR) is 62.2 cm³/mol. The third-order valence-electron chi connectivity index (χ3n) is 2.90. The third kappa shape index (κ3) is 2.03. The lowest BCUT2D eigenvalue weighted by Crippen LogP contribution is -2.20. The van der Waals surface area contributed by atoms with E-state index in [4.69, 9.17) is 12.2 Å². The second-order valence-corrected chi connectivity index (χ2v) is 5.27. The Hall–Kier alpha value is -0.290. The van der Waals surface area contributed by atoms with Crippen LogP contribution < -0.4 is 0 Å². The van der Waals surface area contributed by atoms with Crippen molar-refractivity contribution in [1.29, 1.82) is 0 Å². The molecular weight excluding hydrogens is 214 g/mol. The summed E-state index contributed by atoms with van der Waals surface area (Å²) in [5, 5.41) is 7.59. The number of rotatable bonds is 2. The van der Waals surface area contributed by atoms with Crippen molar-refractivity contribution in [2.75, 3.05) is 6.26 Å². The summed E-state index contributed by atoms with van der Waals surface area (Å²) < 4.78 is 2.87. The average molecular weight is 229 g/mol. The maximum Gasteiger partial charge on any atom is 0.195 e. The van der Waals surface area contributed by atoms with Crippen LogP contribution in [0.5, 0.6) is 0 Å². The van der Waals surface area contributed by atoms with E-state index in [9.17, 15) is 0 Å². The van der Waals surface area contributed by atoms with Crippen LogP contribution in [0.4, 0.5) is 0 Å². The number of H-pyrrole nitrogens is 1. The van der Waals surface area contributed by atoms with Gasteiger partial charge in [-0.2, -0.15) is 16.9 Å². The van der Waals surface area contributed by atoms with E-state index in [0.29, 0.717) is 6.04 Å². The highest BCUT2D eigenvalue weighted by molar-refractivity contribution is 7.99. The molecule has 1 saturated carbocycles. The Balaban J connectivity index is 2.12. The van der Waals surface area contributed by atoms with Crippen molar-refractivity contribution in [2.45, 2.75) is 37.0 Å². The van der Waals surface area contributed by atoms with Gasteiger partial charge in [-0.3, -0.25) is 5.10 Å². The van der Waals surface area contributed by atoms with Crippen molar-refractivity contribution in [3.63, 3.8) is 0 Å². The lowest BCUT2D eigenvalue weighted by atomic mass is 9.95. The van der Waals surface area contributed by atoms with E-state index in [-0.39, 0.29) is 0 Å². The van der Waals surface area contributed by atoms with Gasteiger partial charge in [0.05, 0.1) is 0 Å². The Kier molecular flexibility index (Phi) is 3.28. The Bertz CT molecular complexity index is 344. The van der Waals surface area contributed by atoms with E-state index < -0.39 is 0 Å². The molecule has 1 aromatic rings. The van der Waals surface area contributed by atoms with Crippen molar-refractivity contribution < 1.29 is 0 Å². The molecule has 5 heteroatoms. The van der Waals surface area contributed by atoms with Gasteiger partial charge in [0.15, 0.2) is 4.77 Å². The van der Waals surface area contributed by atoms with Gasteiger partial charge in [-0.25, -0.2) is 0 Å². The highest BCUT2D eigenvalue weighted by atomic mass is 32.2. The molecule has 1 fully saturated rings. The van der Waals surface area contributed by atoms with Gasteiger partial charge >= 0.3 is 0 Å². The molecule has 1 N–H and O–H groups in total. The van der Waals surface area contributed by atoms with Crippen molar-refractivity contribution >= 4 is 24.0 Å². The fourth-order valence-corrected chi connectivity index (χ4v) is 3.17. The summed E-state index contributed by atoms with van der Waals surface area (Å²) in [5.41, 5.74) is 0. The first kappa shape index (κ1) is 10.2. The van der Waals surface area contributed by atoms with Crippen LogP contribution in [0.15, 0.2) is 6.33 Å². The van der Waals surface area contributed by atoms with Crippen LogP contribution >= 0.6 is 24.0 Å². The first-order chi connectivity index (χ1) is 6.81. The molecule has 0 saturated heterocycles. The fourth-order valence-electron chi connectivity index (χ4n) is 2.10. The third-order valence-corrected chi connectivity index (χ3v) is 4.30. The standard InChI is InChI=1S/C9H15N3S2/c1-14-8-4-2-3-7(5-8)12-6-10-11-9(12)13/h6-8H,2-5H2,1H3,(H,11,13). The molecule has 1 heterocycles. The number of hydrogen-bond donors (Lipinski definition) is 1. The first-order valence-electron chi connectivity index (χ1n) is 4.95. The zero-order valence-corrected chi connectivity index (χ0v) is 9.90. The van der Waals surface area contributed by atoms with Crippen LogP contribution in [0.3, 0.4) is 0 Å². The molecule has 2 unspecified atom stereocenters. The molecule has 2 rings (SSSR count). The van der Waals surface area contributed by atoms with Crippen LogP contribution in [0, 0.1) is 4.77 Å². The molecule has 14 heavy (non-hydrogen) atoms. The quantitative estimate of drug-likeness (QED) is 0.792. The van der Waals surface area contributed by atoms with Crippen LogP contribution in [-0.2, 0) is 0 Å². The molecule has 2 atom stereocenters. The molecular formula is C9H15N3S2. The van der Waals surface area contributed by atoms with Gasteiger partial charge in [-0.05, 0) is 37.7 Å². The van der Waals surface area contributed by atoms with Gasteiger partial charge in [-0.15, -0.1) is 0 Å². The largest absolute Gasteiger partial charge is 0.304 e. The number of nitrogens with one attached hydrogen (secondary N) is 1. The molecule has 1 aliphatic rings. The van der Waals surface area contributed by atoms with Crippen LogP contribution in [0.25, 0.3) is 0 Å². The predicted octanol–water partition coefficient (Wildman–Crippen LogP) is 2.79. The molecule has 0 aromatic carbocycles. The van der Waals surface area contributed by atoms with Gasteiger partial charge in [0, 0.05) is 11.3 Å². The highest BCUT2D eigenvalue weighted by Gasteiger charge is 2.22. The van der Waals surface area contributed by atoms with E-state index in [1.807, 2.05) is 18.1 Å². The molecule has 3 nitrogen and oxygen atoms in total. The van der Waals surface area contributed by atoms with E-state index in [2.05, 4.69) is 21.0 Å². The Morgan fingerprint density at radius 1 is 1.64 bits per heavy atom. The van der Waals surface area contributed by atoms with Crippen molar-refractivity contribution in [3.8, 4) is 0 Å². The first-order valence-corrected chi connectivity index (χ1v) is 6.65. The average Bonchev–Trinajstić information content (AvgIpc) is 2.65. The number of nitrogens with zero attached hydrogens (tertiary/aromatic N) is 2. The van der Waals surface area contributed by atoms with E-state index in [1.165, 1.54) is 25.7 Å². The summed E-state index contributed by atoms with van der Waals surface area (Å²) in [5.74, 6) is 0. The molecule has 0 aliphatic heterocycles. The molecule has 1 aromatic heterocycles. The topological polar surface area (TPSA) is 33.6 Å². The summed E-state index contributed by atoms with van der Waals surface area (Å²) >= 11 is 7.15. The summed E-state index contributed by atoms with van der Waals surface area (Å²) in [4.78, 5) is 0. The summed E-state index contributed by atoms with van der Waals surface area (Å²) in [6, 6.07) is 0.562. The van der Waals surface area contributed by atoms with Gasteiger partial charge in [-0.1, -0.05) is 6.42 Å². The maximum absolute atomic E-state index is 5.18. The number of aromatic nitrogens is 3. The van der Waals surface area contributed by atoms with Gasteiger partial charge in [0.1, 0.15) is 6.33 Å². The lowest BCUT2D eigenvalue weighted by Gasteiger charge is -2.28. The zero-order valence-electron chi connectivity index (χ0n) is 8.27. The van der Waals surface area contributed by atoms with Crippen LogP contribution in [-0.4, -0.2) is 26.3 Å². The Morgan fingerprint density at radius 2 is 2.50 bits per heavy atom. The molecule has 1 aliphatic carbocycles. The second-order valence-electron chi connectivity index (χ2n) is 3.75. The molecule has 0 spiro atoms. The van der Waals surface area contributed by atoms with Crippen molar-refractivity contribution in [1.82, 2.24) is 14.8 Å². The van der Waals surface area contributed by atoms with Crippen LogP contribution in [0.1, 0.15) is 31.7 Å². The lowest BCUT2D eigenvalue weighted by molar-refractivity contribution is 0.357. The van der Waals surface area contributed by atoms with Crippen molar-refractivity contribution in [2.24, 2.45) is 0 Å². The Morgan fingerprint density at radius 3 is 3.14 bits per heavy atom. The summed E-state index contributed by atoms with van der Waals surface area (Å²) in [6.07, 6.45) is 9.16. The van der Waals surface area contributed by atoms with E-state index in [1.54, 1.807) is 0 Å². The molecule has 78 valence electrons. The number of thioether (sulfide) groups is 1. The monoisotopic (exact) mass is 229 g/mol.